The maximum absolute atomic E-state index is 12.4. The first kappa shape index (κ1) is 20.8. The van der Waals surface area contributed by atoms with E-state index in [4.69, 9.17) is 10.5 Å². The van der Waals surface area contributed by atoms with Crippen LogP contribution in [0, 0.1) is 13.8 Å². The number of halogens is 1. The van der Waals surface area contributed by atoms with Crippen molar-refractivity contribution in [2.75, 3.05) is 11.1 Å². The maximum atomic E-state index is 12.4. The molecular formula is C20H27ClN2O2. The van der Waals surface area contributed by atoms with Gasteiger partial charge in [0.1, 0.15) is 5.75 Å². The molecule has 136 valence electrons. The number of hydrogen-bond donors (Lipinski definition) is 2. The summed E-state index contributed by atoms with van der Waals surface area (Å²) < 4.78 is 5.90. The third-order valence-corrected chi connectivity index (χ3v) is 4.07. The van der Waals surface area contributed by atoms with Gasteiger partial charge in [-0.15, -0.1) is 12.4 Å². The Kier molecular flexibility index (Phi) is 7.31. The summed E-state index contributed by atoms with van der Waals surface area (Å²) >= 11 is 0. The predicted octanol–water partition coefficient (Wildman–Crippen LogP) is 4.84. The van der Waals surface area contributed by atoms with Gasteiger partial charge in [-0.2, -0.15) is 0 Å². The van der Waals surface area contributed by atoms with Crippen LogP contribution in [0.15, 0.2) is 36.4 Å². The lowest BCUT2D eigenvalue weighted by Gasteiger charge is -2.18. The van der Waals surface area contributed by atoms with Crippen molar-refractivity contribution in [1.82, 2.24) is 0 Å². The Hall–Kier alpha value is -2.20. The Labute approximate surface area is 156 Å². The van der Waals surface area contributed by atoms with E-state index in [0.717, 1.165) is 16.9 Å². The molecule has 0 fully saturated rings. The number of benzene rings is 2. The molecule has 0 bridgehead atoms. The molecule has 3 N–H and O–H groups in total. The molecule has 25 heavy (non-hydrogen) atoms. The van der Waals surface area contributed by atoms with Gasteiger partial charge in [-0.1, -0.05) is 32.0 Å². The Morgan fingerprint density at radius 3 is 2.32 bits per heavy atom. The van der Waals surface area contributed by atoms with Gasteiger partial charge in [0.25, 0.3) is 5.91 Å². The van der Waals surface area contributed by atoms with Crippen molar-refractivity contribution < 1.29 is 9.53 Å². The van der Waals surface area contributed by atoms with E-state index in [1.165, 1.54) is 5.56 Å². The smallest absolute Gasteiger partial charge is 0.265 e. The number of nitrogens with two attached hydrogens (primary N) is 1. The SMILES string of the molecule is Cc1ccc(N)cc1NC(=O)C(C)Oc1cc(C(C)C)ccc1C.Cl. The summed E-state index contributed by atoms with van der Waals surface area (Å²) in [5.74, 6) is 0.957. The lowest BCUT2D eigenvalue weighted by Crippen LogP contribution is -2.30. The molecule has 0 saturated carbocycles. The number of carbonyl (C=O) groups is 1. The van der Waals surface area contributed by atoms with Gasteiger partial charge in [0, 0.05) is 11.4 Å². The van der Waals surface area contributed by atoms with Crippen molar-refractivity contribution >= 4 is 29.7 Å². The van der Waals surface area contributed by atoms with E-state index in [2.05, 4.69) is 25.2 Å². The minimum Gasteiger partial charge on any atom is -0.481 e. The van der Waals surface area contributed by atoms with Gasteiger partial charge in [0.15, 0.2) is 6.10 Å². The summed E-state index contributed by atoms with van der Waals surface area (Å²) in [6.07, 6.45) is -0.605. The van der Waals surface area contributed by atoms with E-state index in [0.29, 0.717) is 17.3 Å². The van der Waals surface area contributed by atoms with Crippen LogP contribution in [0.2, 0.25) is 0 Å². The van der Waals surface area contributed by atoms with E-state index < -0.39 is 6.10 Å². The fourth-order valence-electron chi connectivity index (χ4n) is 2.36. The monoisotopic (exact) mass is 362 g/mol. The number of nitrogen functional groups attached to an aromatic ring is 1. The molecule has 1 amide bonds. The van der Waals surface area contributed by atoms with Crippen LogP contribution in [0.4, 0.5) is 11.4 Å². The van der Waals surface area contributed by atoms with E-state index in [1.807, 2.05) is 38.1 Å². The molecule has 4 nitrogen and oxygen atoms in total. The fraction of sp³-hybridized carbons (Fsp3) is 0.350. The summed E-state index contributed by atoms with van der Waals surface area (Å²) in [4.78, 5) is 12.4. The predicted molar refractivity (Wildman–Crippen MR) is 107 cm³/mol. The summed E-state index contributed by atoms with van der Waals surface area (Å²) in [5.41, 5.74) is 10.3. The van der Waals surface area contributed by atoms with Crippen LogP contribution in [0.3, 0.4) is 0 Å². The molecule has 2 aromatic carbocycles. The average Bonchev–Trinajstić information content (AvgIpc) is 2.52. The second-order valence-electron chi connectivity index (χ2n) is 6.50. The average molecular weight is 363 g/mol. The summed E-state index contributed by atoms with van der Waals surface area (Å²) in [5, 5.41) is 2.88. The molecule has 2 rings (SSSR count). The third kappa shape index (κ3) is 5.40. The summed E-state index contributed by atoms with van der Waals surface area (Å²) in [6, 6.07) is 11.6. The van der Waals surface area contributed by atoms with E-state index >= 15 is 0 Å². The topological polar surface area (TPSA) is 64.3 Å². The number of rotatable bonds is 5. The molecule has 0 radical (unpaired) electrons. The van der Waals surface area contributed by atoms with Crippen LogP contribution in [-0.2, 0) is 4.79 Å². The fourth-order valence-corrected chi connectivity index (χ4v) is 2.36. The van der Waals surface area contributed by atoms with E-state index in [9.17, 15) is 4.79 Å². The van der Waals surface area contributed by atoms with Crippen LogP contribution in [-0.4, -0.2) is 12.0 Å². The lowest BCUT2D eigenvalue weighted by atomic mass is 10.0. The zero-order valence-electron chi connectivity index (χ0n) is 15.4. The maximum Gasteiger partial charge on any atom is 0.265 e. The number of hydrogen-bond acceptors (Lipinski definition) is 3. The van der Waals surface area contributed by atoms with Gasteiger partial charge in [-0.3, -0.25) is 4.79 Å². The Morgan fingerprint density at radius 1 is 1.04 bits per heavy atom. The number of anilines is 2. The molecule has 0 aliphatic carbocycles. The molecule has 1 unspecified atom stereocenters. The Balaban J connectivity index is 0.00000312. The highest BCUT2D eigenvalue weighted by Gasteiger charge is 2.17. The third-order valence-electron chi connectivity index (χ3n) is 4.07. The Bertz CT molecular complexity index is 744. The van der Waals surface area contributed by atoms with E-state index in [-0.39, 0.29) is 18.3 Å². The molecule has 0 spiro atoms. The molecule has 2 aromatic rings. The lowest BCUT2D eigenvalue weighted by molar-refractivity contribution is -0.122. The normalized spacial score (nSPS) is 11.6. The van der Waals surface area contributed by atoms with Gasteiger partial charge in [0.2, 0.25) is 0 Å². The quantitative estimate of drug-likeness (QED) is 0.748. The van der Waals surface area contributed by atoms with Crippen molar-refractivity contribution in [3.05, 3.63) is 53.1 Å². The first-order valence-corrected chi connectivity index (χ1v) is 8.22. The van der Waals surface area contributed by atoms with Crippen LogP contribution < -0.4 is 15.8 Å². The largest absolute Gasteiger partial charge is 0.481 e. The van der Waals surface area contributed by atoms with Gasteiger partial charge in [-0.25, -0.2) is 0 Å². The summed E-state index contributed by atoms with van der Waals surface area (Å²) in [7, 11) is 0. The highest BCUT2D eigenvalue weighted by atomic mass is 35.5. The van der Waals surface area contributed by atoms with Crippen molar-refractivity contribution in [2.24, 2.45) is 0 Å². The zero-order chi connectivity index (χ0) is 17.9. The first-order valence-electron chi connectivity index (χ1n) is 8.22. The van der Waals surface area contributed by atoms with Crippen LogP contribution in [0.1, 0.15) is 43.4 Å². The zero-order valence-corrected chi connectivity index (χ0v) is 16.2. The standard InChI is InChI=1S/C20H26N2O2.ClH/c1-12(2)16-8-6-14(4)19(10-16)24-15(5)20(23)22-18-11-17(21)9-7-13(18)3;/h6-12,15H,21H2,1-5H3,(H,22,23);1H. The van der Waals surface area contributed by atoms with Crippen LogP contribution in [0.25, 0.3) is 0 Å². The molecule has 5 heteroatoms. The van der Waals surface area contributed by atoms with Gasteiger partial charge < -0.3 is 15.8 Å². The minimum absolute atomic E-state index is 0. The van der Waals surface area contributed by atoms with Crippen LogP contribution in [0.5, 0.6) is 5.75 Å². The molecule has 0 heterocycles. The molecule has 1 atom stereocenters. The number of nitrogens with one attached hydrogen (secondary N) is 1. The molecule has 0 aromatic heterocycles. The number of ether oxygens (including phenoxy) is 1. The second-order valence-corrected chi connectivity index (χ2v) is 6.50. The van der Waals surface area contributed by atoms with Crippen molar-refractivity contribution in [3.8, 4) is 5.75 Å². The number of amides is 1. The van der Waals surface area contributed by atoms with Crippen LogP contribution >= 0.6 is 12.4 Å². The molecule has 0 aliphatic heterocycles. The van der Waals surface area contributed by atoms with E-state index in [1.54, 1.807) is 13.0 Å². The van der Waals surface area contributed by atoms with Gasteiger partial charge >= 0.3 is 0 Å². The van der Waals surface area contributed by atoms with Gasteiger partial charge in [-0.05, 0) is 61.6 Å². The first-order chi connectivity index (χ1) is 11.3. The minimum atomic E-state index is -0.605. The molecular weight excluding hydrogens is 336 g/mol. The summed E-state index contributed by atoms with van der Waals surface area (Å²) in [6.45, 7) is 9.92. The molecule has 0 aliphatic rings. The van der Waals surface area contributed by atoms with Crippen molar-refractivity contribution in [2.45, 2.75) is 46.6 Å². The number of carbonyl (C=O) groups excluding carboxylic acids is 1. The Morgan fingerprint density at radius 2 is 1.68 bits per heavy atom. The van der Waals surface area contributed by atoms with Gasteiger partial charge in [0.05, 0.1) is 0 Å². The van der Waals surface area contributed by atoms with Crippen molar-refractivity contribution in [1.29, 1.82) is 0 Å². The second kappa shape index (κ2) is 8.77. The molecule has 0 saturated heterocycles. The number of aryl methyl sites for hydroxylation is 2. The van der Waals surface area contributed by atoms with Crippen molar-refractivity contribution in [3.63, 3.8) is 0 Å². The highest BCUT2D eigenvalue weighted by Crippen LogP contribution is 2.25. The highest BCUT2D eigenvalue weighted by molar-refractivity contribution is 5.95.